The molecule has 1 amide bonds. The molecule has 0 radical (unpaired) electrons. The van der Waals surface area contributed by atoms with Gasteiger partial charge in [0.25, 0.3) is 0 Å². The average molecular weight is 306 g/mol. The van der Waals surface area contributed by atoms with Crippen LogP contribution in [0.4, 0.5) is 4.79 Å². The van der Waals surface area contributed by atoms with E-state index in [-0.39, 0.29) is 11.5 Å². The Labute approximate surface area is 131 Å². The first kappa shape index (κ1) is 15.3. The number of carbonyl (C=O) groups excluding carboxylic acids is 1. The Bertz CT molecular complexity index is 577. The number of aromatic nitrogens is 2. The summed E-state index contributed by atoms with van der Waals surface area (Å²) in [7, 11) is 1.92. The highest BCUT2D eigenvalue weighted by Gasteiger charge is 2.67. The van der Waals surface area contributed by atoms with Crippen molar-refractivity contribution in [3.05, 3.63) is 18.0 Å². The van der Waals surface area contributed by atoms with Crippen LogP contribution in [0.15, 0.2) is 12.3 Å². The molecular weight excluding hydrogens is 280 g/mol. The van der Waals surface area contributed by atoms with Crippen LogP contribution < -0.4 is 5.73 Å². The Kier molecular flexibility index (Phi) is 3.47. The summed E-state index contributed by atoms with van der Waals surface area (Å²) in [6, 6.07) is 2.06. The van der Waals surface area contributed by atoms with Gasteiger partial charge in [0.1, 0.15) is 5.60 Å². The van der Waals surface area contributed by atoms with Crippen molar-refractivity contribution in [1.82, 2.24) is 14.7 Å². The maximum absolute atomic E-state index is 12.3. The SMILES string of the molecule is Cn1ccc(C2(CN)C3CCN(C(=O)OC(C)(C)C)CC32)n1. The van der Waals surface area contributed by atoms with Crippen LogP contribution in [0, 0.1) is 11.8 Å². The lowest BCUT2D eigenvalue weighted by molar-refractivity contribution is 0.0206. The number of aryl methyl sites for hydroxylation is 1. The molecule has 2 N–H and O–H groups in total. The van der Waals surface area contributed by atoms with Gasteiger partial charge in [0.05, 0.1) is 5.69 Å². The molecule has 2 aliphatic rings. The van der Waals surface area contributed by atoms with Crippen LogP contribution in [-0.2, 0) is 17.2 Å². The number of fused-ring (bicyclic) bond motifs is 1. The summed E-state index contributed by atoms with van der Waals surface area (Å²) < 4.78 is 7.31. The zero-order valence-corrected chi connectivity index (χ0v) is 13.9. The van der Waals surface area contributed by atoms with Crippen molar-refractivity contribution < 1.29 is 9.53 Å². The van der Waals surface area contributed by atoms with Crippen LogP contribution in [0.2, 0.25) is 0 Å². The molecule has 3 rings (SSSR count). The van der Waals surface area contributed by atoms with Gasteiger partial charge in [-0.05, 0) is 45.1 Å². The predicted octanol–water partition coefficient (Wildman–Crippen LogP) is 1.50. The van der Waals surface area contributed by atoms with Crippen molar-refractivity contribution in [1.29, 1.82) is 0 Å². The van der Waals surface area contributed by atoms with Crippen LogP contribution in [-0.4, -0.2) is 46.0 Å². The van der Waals surface area contributed by atoms with Gasteiger partial charge < -0.3 is 15.4 Å². The second-order valence-electron chi connectivity index (χ2n) is 7.55. The van der Waals surface area contributed by atoms with E-state index in [1.54, 1.807) is 0 Å². The van der Waals surface area contributed by atoms with E-state index in [9.17, 15) is 4.79 Å². The Morgan fingerprint density at radius 2 is 2.23 bits per heavy atom. The molecule has 3 unspecified atom stereocenters. The van der Waals surface area contributed by atoms with Gasteiger partial charge >= 0.3 is 6.09 Å². The number of amides is 1. The maximum atomic E-state index is 12.3. The van der Waals surface area contributed by atoms with Gasteiger partial charge in [-0.2, -0.15) is 5.10 Å². The summed E-state index contributed by atoms with van der Waals surface area (Å²) in [5.41, 5.74) is 6.66. The Hall–Kier alpha value is -1.56. The fourth-order valence-corrected chi connectivity index (χ4v) is 3.92. The first-order chi connectivity index (χ1) is 10.3. The number of hydrogen-bond donors (Lipinski definition) is 1. The predicted molar refractivity (Wildman–Crippen MR) is 83.3 cm³/mol. The molecule has 2 heterocycles. The minimum Gasteiger partial charge on any atom is -0.444 e. The lowest BCUT2D eigenvalue weighted by atomic mass is 9.97. The number of nitrogens with zero attached hydrogens (tertiary/aromatic N) is 3. The van der Waals surface area contributed by atoms with Crippen molar-refractivity contribution in [2.24, 2.45) is 24.6 Å². The van der Waals surface area contributed by atoms with Crippen LogP contribution >= 0.6 is 0 Å². The van der Waals surface area contributed by atoms with Crippen molar-refractivity contribution in [2.75, 3.05) is 19.6 Å². The molecule has 122 valence electrons. The lowest BCUT2D eigenvalue weighted by Crippen LogP contribution is -2.41. The molecule has 1 aliphatic carbocycles. The lowest BCUT2D eigenvalue weighted by Gasteiger charge is -2.29. The second kappa shape index (κ2) is 4.98. The smallest absolute Gasteiger partial charge is 0.410 e. The van der Waals surface area contributed by atoms with Gasteiger partial charge in [0.2, 0.25) is 0 Å². The number of nitrogens with two attached hydrogens (primary N) is 1. The third-order valence-corrected chi connectivity index (χ3v) is 5.01. The summed E-state index contributed by atoms with van der Waals surface area (Å²) >= 11 is 0. The first-order valence-corrected chi connectivity index (χ1v) is 7.96. The number of likely N-dealkylation sites (tertiary alicyclic amines) is 1. The summed E-state index contributed by atoms with van der Waals surface area (Å²) in [6.07, 6.45) is 2.71. The van der Waals surface area contributed by atoms with E-state index in [2.05, 4.69) is 11.2 Å². The van der Waals surface area contributed by atoms with Crippen LogP contribution in [0.1, 0.15) is 32.9 Å². The molecule has 6 heteroatoms. The van der Waals surface area contributed by atoms with Gasteiger partial charge in [0, 0.05) is 38.3 Å². The topological polar surface area (TPSA) is 73.4 Å². The molecule has 0 aromatic carbocycles. The molecule has 6 nitrogen and oxygen atoms in total. The third kappa shape index (κ3) is 2.39. The van der Waals surface area contributed by atoms with E-state index < -0.39 is 5.60 Å². The number of rotatable bonds is 2. The van der Waals surface area contributed by atoms with Crippen molar-refractivity contribution in [3.63, 3.8) is 0 Å². The minimum absolute atomic E-state index is 0.0575. The van der Waals surface area contributed by atoms with Crippen LogP contribution in [0.5, 0.6) is 0 Å². The van der Waals surface area contributed by atoms with Gasteiger partial charge in [-0.3, -0.25) is 4.68 Å². The monoisotopic (exact) mass is 306 g/mol. The molecule has 1 aromatic rings. The quantitative estimate of drug-likeness (QED) is 0.898. The van der Waals surface area contributed by atoms with Gasteiger partial charge in [0.15, 0.2) is 0 Å². The zero-order valence-electron chi connectivity index (χ0n) is 13.9. The summed E-state index contributed by atoms with van der Waals surface area (Å²) in [5.74, 6) is 0.930. The second-order valence-corrected chi connectivity index (χ2v) is 7.55. The molecule has 1 aliphatic heterocycles. The van der Waals surface area contributed by atoms with E-state index >= 15 is 0 Å². The zero-order chi connectivity index (χ0) is 16.1. The van der Waals surface area contributed by atoms with Crippen LogP contribution in [0.3, 0.4) is 0 Å². The first-order valence-electron chi connectivity index (χ1n) is 7.96. The highest BCUT2D eigenvalue weighted by Crippen LogP contribution is 2.62. The summed E-state index contributed by atoms with van der Waals surface area (Å²) in [5, 5.41) is 4.57. The Morgan fingerprint density at radius 3 is 2.77 bits per heavy atom. The molecule has 0 spiro atoms. The average Bonchev–Trinajstić information content (AvgIpc) is 2.89. The van der Waals surface area contributed by atoms with E-state index in [4.69, 9.17) is 10.5 Å². The van der Waals surface area contributed by atoms with Gasteiger partial charge in [-0.25, -0.2) is 4.79 Å². The maximum Gasteiger partial charge on any atom is 0.410 e. The van der Waals surface area contributed by atoms with Crippen molar-refractivity contribution >= 4 is 6.09 Å². The molecule has 1 aromatic heterocycles. The molecule has 3 atom stereocenters. The highest BCUT2D eigenvalue weighted by molar-refractivity contribution is 5.68. The van der Waals surface area contributed by atoms with E-state index in [1.165, 1.54) is 0 Å². The fraction of sp³-hybridized carbons (Fsp3) is 0.750. The molecule has 22 heavy (non-hydrogen) atoms. The van der Waals surface area contributed by atoms with Gasteiger partial charge in [-0.15, -0.1) is 0 Å². The number of ether oxygens (including phenoxy) is 1. The largest absolute Gasteiger partial charge is 0.444 e. The van der Waals surface area contributed by atoms with Crippen molar-refractivity contribution in [3.8, 4) is 0 Å². The van der Waals surface area contributed by atoms with Crippen LogP contribution in [0.25, 0.3) is 0 Å². The normalized spacial score (nSPS) is 30.9. The number of hydrogen-bond acceptors (Lipinski definition) is 4. The molecule has 1 saturated heterocycles. The molecule has 2 fully saturated rings. The molecule has 1 saturated carbocycles. The summed E-state index contributed by atoms with van der Waals surface area (Å²) in [6.45, 7) is 7.73. The molecular formula is C16H26N4O2. The third-order valence-electron chi connectivity index (χ3n) is 5.01. The van der Waals surface area contributed by atoms with Gasteiger partial charge in [-0.1, -0.05) is 0 Å². The molecule has 0 bridgehead atoms. The van der Waals surface area contributed by atoms with E-state index in [0.717, 1.165) is 18.7 Å². The Morgan fingerprint density at radius 1 is 1.50 bits per heavy atom. The number of carbonyl (C=O) groups is 1. The van der Waals surface area contributed by atoms with Crippen molar-refractivity contribution in [2.45, 2.75) is 38.2 Å². The summed E-state index contributed by atoms with van der Waals surface area (Å²) in [4.78, 5) is 14.1. The highest BCUT2D eigenvalue weighted by atomic mass is 16.6. The van der Waals surface area contributed by atoms with E-state index in [0.29, 0.717) is 24.9 Å². The fourth-order valence-electron chi connectivity index (χ4n) is 3.92. The van der Waals surface area contributed by atoms with E-state index in [1.807, 2.05) is 43.6 Å². The standard InChI is InChI=1S/C16H26N4O2/c1-15(2,3)22-14(21)20-8-5-11-12(9-20)16(11,10-17)13-6-7-19(4)18-13/h6-7,11-12H,5,8-10,17H2,1-4H3. The number of piperidine rings is 1. The minimum atomic E-state index is -0.455. The Balaban J connectivity index is 1.73.